The Labute approximate surface area is 233 Å². The van der Waals surface area contributed by atoms with E-state index in [1.165, 1.54) is 18.2 Å². The normalized spacial score (nSPS) is 11.2. The molecule has 0 unspecified atom stereocenters. The van der Waals surface area contributed by atoms with Crippen LogP contribution in [0.15, 0.2) is 59.6 Å². The number of halogens is 1. The number of hydrogen-bond donors (Lipinski definition) is 2. The molecular weight excluding hydrogens is 522 g/mol. The average Bonchev–Trinajstić information content (AvgIpc) is 2.95. The molecule has 0 aliphatic heterocycles. The van der Waals surface area contributed by atoms with Crippen molar-refractivity contribution >= 4 is 40.4 Å². The molecular formula is C29H34ClN3O6. The van der Waals surface area contributed by atoms with Gasteiger partial charge >= 0.3 is 0 Å². The highest BCUT2D eigenvalue weighted by atomic mass is 35.5. The van der Waals surface area contributed by atoms with Gasteiger partial charge in [0.25, 0.3) is 11.8 Å². The Balaban J connectivity index is 1.63. The highest BCUT2D eigenvalue weighted by molar-refractivity contribution is 6.32. The van der Waals surface area contributed by atoms with Gasteiger partial charge in [0, 0.05) is 49.0 Å². The Bertz CT molecular complexity index is 1270. The fourth-order valence-corrected chi connectivity index (χ4v) is 3.96. The van der Waals surface area contributed by atoms with E-state index >= 15 is 0 Å². The molecule has 3 aromatic rings. The Morgan fingerprint density at radius 2 is 1.69 bits per heavy atom. The maximum Gasteiger partial charge on any atom is 0.260 e. The zero-order chi connectivity index (χ0) is 28.0. The number of aliphatic imine (C=N–C) groups is 1. The van der Waals surface area contributed by atoms with E-state index in [1.54, 1.807) is 17.2 Å². The quantitative estimate of drug-likeness (QED) is 0.214. The second kappa shape index (κ2) is 15.7. The highest BCUT2D eigenvalue weighted by Crippen LogP contribution is 2.28. The van der Waals surface area contributed by atoms with Crippen LogP contribution in [0.3, 0.4) is 0 Å². The molecule has 0 aliphatic carbocycles. The van der Waals surface area contributed by atoms with Crippen LogP contribution in [-0.4, -0.2) is 80.8 Å². The molecule has 0 radical (unpaired) electrons. The van der Waals surface area contributed by atoms with E-state index in [-0.39, 0.29) is 35.9 Å². The Morgan fingerprint density at radius 3 is 2.36 bits per heavy atom. The summed E-state index contributed by atoms with van der Waals surface area (Å²) < 4.78 is 16.8. The van der Waals surface area contributed by atoms with E-state index in [0.29, 0.717) is 50.8 Å². The van der Waals surface area contributed by atoms with Gasteiger partial charge in [-0.2, -0.15) is 0 Å². The Hall–Kier alpha value is -3.66. The molecule has 208 valence electrons. The van der Waals surface area contributed by atoms with Gasteiger partial charge in [-0.3, -0.25) is 14.6 Å². The topological polar surface area (TPSA) is 110 Å². The van der Waals surface area contributed by atoms with Crippen molar-refractivity contribution in [1.82, 2.24) is 10.2 Å². The van der Waals surface area contributed by atoms with Crippen molar-refractivity contribution in [3.63, 3.8) is 0 Å². The first-order chi connectivity index (χ1) is 18.9. The largest absolute Gasteiger partial charge is 0.506 e. The van der Waals surface area contributed by atoms with Crippen LogP contribution in [0.2, 0.25) is 5.02 Å². The van der Waals surface area contributed by atoms with E-state index in [9.17, 15) is 14.7 Å². The second-order valence-corrected chi connectivity index (χ2v) is 8.81. The van der Waals surface area contributed by atoms with Crippen molar-refractivity contribution < 1.29 is 28.9 Å². The Morgan fingerprint density at radius 1 is 1.00 bits per heavy atom. The maximum atomic E-state index is 12.9. The molecule has 0 heterocycles. The maximum absolute atomic E-state index is 12.9. The number of carbonyl (C=O) groups excluding carboxylic acids is 2. The fraction of sp³-hybridized carbons (Fsp3) is 0.345. The molecule has 0 spiro atoms. The van der Waals surface area contributed by atoms with Crippen molar-refractivity contribution in [1.29, 1.82) is 0 Å². The van der Waals surface area contributed by atoms with E-state index in [1.807, 2.05) is 44.2 Å². The molecule has 10 heteroatoms. The minimum Gasteiger partial charge on any atom is -0.506 e. The van der Waals surface area contributed by atoms with E-state index in [0.717, 1.165) is 16.3 Å². The van der Waals surface area contributed by atoms with Crippen molar-refractivity contribution in [3.05, 3.63) is 70.7 Å². The van der Waals surface area contributed by atoms with Gasteiger partial charge in [-0.1, -0.05) is 35.9 Å². The molecule has 0 saturated heterocycles. The summed E-state index contributed by atoms with van der Waals surface area (Å²) in [6.45, 7) is 6.80. The lowest BCUT2D eigenvalue weighted by molar-refractivity contribution is -0.134. The third kappa shape index (κ3) is 8.95. The molecule has 0 bridgehead atoms. The number of nitrogens with zero attached hydrogens (tertiary/aromatic N) is 2. The van der Waals surface area contributed by atoms with Gasteiger partial charge in [-0.25, -0.2) is 0 Å². The molecule has 0 saturated carbocycles. The first kappa shape index (κ1) is 29.9. The number of phenolic OH excluding ortho intramolecular Hbond substituents is 1. The van der Waals surface area contributed by atoms with Gasteiger partial charge in [-0.15, -0.1) is 0 Å². The molecule has 3 aromatic carbocycles. The average molecular weight is 556 g/mol. The monoisotopic (exact) mass is 555 g/mol. The number of amides is 2. The van der Waals surface area contributed by atoms with Crippen LogP contribution in [0.25, 0.3) is 10.8 Å². The number of aromatic hydroxyl groups is 1. The van der Waals surface area contributed by atoms with Gasteiger partial charge in [0.1, 0.15) is 18.2 Å². The predicted octanol–water partition coefficient (Wildman–Crippen LogP) is 4.29. The lowest BCUT2D eigenvalue weighted by atomic mass is 10.0. The molecule has 39 heavy (non-hydrogen) atoms. The number of benzene rings is 3. The van der Waals surface area contributed by atoms with Crippen LogP contribution in [0.5, 0.6) is 11.5 Å². The number of hydrogen-bond acceptors (Lipinski definition) is 7. The zero-order valence-electron chi connectivity index (χ0n) is 22.2. The summed E-state index contributed by atoms with van der Waals surface area (Å²) in [5.41, 5.74) is 1.16. The van der Waals surface area contributed by atoms with Crippen LogP contribution >= 0.6 is 11.6 Å². The third-order valence-electron chi connectivity index (χ3n) is 5.81. The van der Waals surface area contributed by atoms with Crippen molar-refractivity contribution in [2.45, 2.75) is 13.8 Å². The number of fused-ring (bicyclic) bond motifs is 1. The first-order valence-electron chi connectivity index (χ1n) is 12.8. The van der Waals surface area contributed by atoms with Gasteiger partial charge in [0.15, 0.2) is 6.61 Å². The summed E-state index contributed by atoms with van der Waals surface area (Å²) >= 11 is 5.87. The summed E-state index contributed by atoms with van der Waals surface area (Å²) in [6.07, 6.45) is 1.67. The number of phenols is 1. The molecule has 0 aromatic heterocycles. The van der Waals surface area contributed by atoms with E-state index in [2.05, 4.69) is 10.3 Å². The van der Waals surface area contributed by atoms with E-state index < -0.39 is 0 Å². The SMILES string of the molecule is CCOCCN(CCOCC)C(=O)COc1ccc(/C=N/CNC(=O)c2ccc(O)c(Cl)c2)c2ccccc12. The van der Waals surface area contributed by atoms with Gasteiger partial charge in [0.05, 0.1) is 18.2 Å². The van der Waals surface area contributed by atoms with Crippen LogP contribution in [0.1, 0.15) is 29.8 Å². The van der Waals surface area contributed by atoms with Gasteiger partial charge in [-0.05, 0) is 49.6 Å². The smallest absolute Gasteiger partial charge is 0.260 e. The van der Waals surface area contributed by atoms with Crippen LogP contribution in [0.4, 0.5) is 0 Å². The van der Waals surface area contributed by atoms with Crippen molar-refractivity contribution in [3.8, 4) is 11.5 Å². The summed E-state index contributed by atoms with van der Waals surface area (Å²) in [5, 5.41) is 14.0. The number of nitrogens with one attached hydrogen (secondary N) is 1. The van der Waals surface area contributed by atoms with Gasteiger partial charge < -0.3 is 29.5 Å². The standard InChI is InChI=1S/C29H34ClN3O6/c1-3-37-15-13-33(14-16-38-4-2)28(35)19-39-27-12-10-22(23-7-5-6-8-24(23)27)18-31-20-32-29(36)21-9-11-26(34)25(30)17-21/h5-12,17-18,34H,3-4,13-16,19-20H2,1-2H3,(H,32,36)/b31-18+. The zero-order valence-corrected chi connectivity index (χ0v) is 22.9. The predicted molar refractivity (Wildman–Crippen MR) is 152 cm³/mol. The number of rotatable bonds is 15. The number of carbonyl (C=O) groups is 2. The molecule has 0 aliphatic rings. The highest BCUT2D eigenvalue weighted by Gasteiger charge is 2.15. The molecule has 0 fully saturated rings. The fourth-order valence-electron chi connectivity index (χ4n) is 3.77. The van der Waals surface area contributed by atoms with Crippen LogP contribution in [0, 0.1) is 0 Å². The summed E-state index contributed by atoms with van der Waals surface area (Å²) in [4.78, 5) is 31.2. The molecule has 2 amide bonds. The third-order valence-corrected chi connectivity index (χ3v) is 6.11. The van der Waals surface area contributed by atoms with Crippen LogP contribution in [-0.2, 0) is 14.3 Å². The molecule has 3 rings (SSSR count). The van der Waals surface area contributed by atoms with Crippen molar-refractivity contribution in [2.24, 2.45) is 4.99 Å². The molecule has 2 N–H and O–H groups in total. The lowest BCUT2D eigenvalue weighted by Gasteiger charge is -2.23. The lowest BCUT2D eigenvalue weighted by Crippen LogP contribution is -2.39. The summed E-state index contributed by atoms with van der Waals surface area (Å²) in [7, 11) is 0. The van der Waals surface area contributed by atoms with E-state index in [4.69, 9.17) is 25.8 Å². The van der Waals surface area contributed by atoms with Crippen molar-refractivity contribution in [2.75, 3.05) is 52.8 Å². The second-order valence-electron chi connectivity index (χ2n) is 8.40. The first-order valence-corrected chi connectivity index (χ1v) is 13.2. The minimum absolute atomic E-state index is 0.0533. The van der Waals surface area contributed by atoms with Gasteiger partial charge in [0.2, 0.25) is 0 Å². The molecule has 0 atom stereocenters. The number of ether oxygens (including phenoxy) is 3. The summed E-state index contributed by atoms with van der Waals surface area (Å²) in [5.74, 6) is -0.00257. The van der Waals surface area contributed by atoms with Crippen LogP contribution < -0.4 is 10.1 Å². The minimum atomic E-state index is -0.358. The Kier molecular flexibility index (Phi) is 12.0. The summed E-state index contributed by atoms with van der Waals surface area (Å²) in [6, 6.07) is 15.6. The molecule has 9 nitrogen and oxygen atoms in total.